The SMILES string of the molecule is NC(=O)c1cc([N+](=O)[O-])cnc1N1CCO[C@@H](c2ccccc2)C1. The second kappa shape index (κ2) is 6.63. The predicted molar refractivity (Wildman–Crippen MR) is 86.8 cm³/mol. The number of carbonyl (C=O) groups is 1. The highest BCUT2D eigenvalue weighted by molar-refractivity contribution is 5.98. The average molecular weight is 328 g/mol. The summed E-state index contributed by atoms with van der Waals surface area (Å²) in [5, 5.41) is 10.9. The Kier molecular flexibility index (Phi) is 4.39. The topological polar surface area (TPSA) is 112 Å². The van der Waals surface area contributed by atoms with E-state index in [0.717, 1.165) is 17.8 Å². The number of morpholine rings is 1. The van der Waals surface area contributed by atoms with Crippen molar-refractivity contribution in [3.05, 3.63) is 63.8 Å². The quantitative estimate of drug-likeness (QED) is 0.675. The van der Waals surface area contributed by atoms with Gasteiger partial charge >= 0.3 is 0 Å². The largest absolute Gasteiger partial charge is 0.370 e. The lowest BCUT2D eigenvalue weighted by atomic mass is 10.1. The highest BCUT2D eigenvalue weighted by atomic mass is 16.6. The molecule has 124 valence electrons. The molecule has 1 saturated heterocycles. The van der Waals surface area contributed by atoms with E-state index < -0.39 is 10.8 Å². The number of benzene rings is 1. The zero-order valence-electron chi connectivity index (χ0n) is 12.8. The van der Waals surface area contributed by atoms with Crippen LogP contribution in [0.1, 0.15) is 22.0 Å². The van der Waals surface area contributed by atoms with Crippen molar-refractivity contribution in [2.24, 2.45) is 5.73 Å². The molecule has 1 fully saturated rings. The van der Waals surface area contributed by atoms with Gasteiger partial charge < -0.3 is 15.4 Å². The number of nitrogens with two attached hydrogens (primary N) is 1. The van der Waals surface area contributed by atoms with E-state index in [1.165, 1.54) is 0 Å². The first-order valence-electron chi connectivity index (χ1n) is 7.42. The number of pyridine rings is 1. The van der Waals surface area contributed by atoms with Crippen LogP contribution in [0.4, 0.5) is 11.5 Å². The Morgan fingerprint density at radius 2 is 2.12 bits per heavy atom. The predicted octanol–water partition coefficient (Wildman–Crippen LogP) is 1.67. The number of anilines is 1. The van der Waals surface area contributed by atoms with Gasteiger partial charge in [0.1, 0.15) is 18.1 Å². The summed E-state index contributed by atoms with van der Waals surface area (Å²) in [5.74, 6) is -0.402. The van der Waals surface area contributed by atoms with Crippen molar-refractivity contribution < 1.29 is 14.5 Å². The minimum atomic E-state index is -0.746. The second-order valence-corrected chi connectivity index (χ2v) is 5.40. The molecule has 1 aromatic carbocycles. The summed E-state index contributed by atoms with van der Waals surface area (Å²) in [4.78, 5) is 27.9. The van der Waals surface area contributed by atoms with E-state index in [0.29, 0.717) is 25.5 Å². The number of nitrogens with zero attached hydrogens (tertiary/aromatic N) is 3. The summed E-state index contributed by atoms with van der Waals surface area (Å²) >= 11 is 0. The zero-order chi connectivity index (χ0) is 17.1. The number of hydrogen-bond donors (Lipinski definition) is 1. The molecule has 2 N–H and O–H groups in total. The summed E-state index contributed by atoms with van der Waals surface area (Å²) in [6, 6.07) is 10.9. The van der Waals surface area contributed by atoms with Crippen LogP contribution in [0.15, 0.2) is 42.6 Å². The third-order valence-corrected chi connectivity index (χ3v) is 3.87. The lowest BCUT2D eigenvalue weighted by Gasteiger charge is -2.34. The fourth-order valence-corrected chi connectivity index (χ4v) is 2.69. The molecular weight excluding hydrogens is 312 g/mol. The molecule has 1 aliphatic heterocycles. The monoisotopic (exact) mass is 328 g/mol. The van der Waals surface area contributed by atoms with E-state index >= 15 is 0 Å². The number of carbonyl (C=O) groups excluding carboxylic acids is 1. The summed E-state index contributed by atoms with van der Waals surface area (Å²) in [6.07, 6.45) is 0.965. The van der Waals surface area contributed by atoms with E-state index in [9.17, 15) is 14.9 Å². The van der Waals surface area contributed by atoms with Crippen molar-refractivity contribution in [3.8, 4) is 0 Å². The molecule has 1 atom stereocenters. The molecule has 1 aromatic heterocycles. The molecule has 0 spiro atoms. The van der Waals surface area contributed by atoms with Crippen molar-refractivity contribution in [1.29, 1.82) is 0 Å². The molecule has 1 aliphatic rings. The molecule has 8 heteroatoms. The molecule has 8 nitrogen and oxygen atoms in total. The zero-order valence-corrected chi connectivity index (χ0v) is 12.8. The first kappa shape index (κ1) is 15.9. The standard InChI is InChI=1S/C16H16N4O4/c17-15(21)13-8-12(20(22)23)9-18-16(13)19-6-7-24-14(10-19)11-4-2-1-3-5-11/h1-5,8-9,14H,6-7,10H2,(H2,17,21)/t14-/m1/s1. The number of amides is 1. The third kappa shape index (κ3) is 3.18. The number of primary amides is 1. The van der Waals surface area contributed by atoms with Crippen LogP contribution in [-0.2, 0) is 4.74 Å². The van der Waals surface area contributed by atoms with Gasteiger partial charge in [-0.25, -0.2) is 4.98 Å². The fraction of sp³-hybridized carbons (Fsp3) is 0.250. The van der Waals surface area contributed by atoms with Crippen LogP contribution in [0.25, 0.3) is 0 Å². The Morgan fingerprint density at radius 3 is 2.79 bits per heavy atom. The van der Waals surface area contributed by atoms with Gasteiger partial charge in [0.2, 0.25) is 0 Å². The highest BCUT2D eigenvalue weighted by Crippen LogP contribution is 2.28. The molecular formula is C16H16N4O4. The second-order valence-electron chi connectivity index (χ2n) is 5.40. The number of nitro groups is 1. The number of hydrogen-bond acceptors (Lipinski definition) is 6. The maximum Gasteiger partial charge on any atom is 0.288 e. The Balaban J connectivity index is 1.90. The summed E-state index contributed by atoms with van der Waals surface area (Å²) in [6.45, 7) is 1.46. The summed E-state index contributed by atoms with van der Waals surface area (Å²) in [7, 11) is 0. The molecule has 24 heavy (non-hydrogen) atoms. The Bertz CT molecular complexity index is 766. The van der Waals surface area contributed by atoms with Crippen molar-refractivity contribution in [2.75, 3.05) is 24.6 Å². The molecule has 0 saturated carbocycles. The lowest BCUT2D eigenvalue weighted by Crippen LogP contribution is -2.40. The molecule has 2 aromatic rings. The molecule has 0 aliphatic carbocycles. The van der Waals surface area contributed by atoms with Crippen molar-refractivity contribution >= 4 is 17.4 Å². The minimum Gasteiger partial charge on any atom is -0.370 e. The average Bonchev–Trinajstić information content (AvgIpc) is 2.62. The molecule has 2 heterocycles. The van der Waals surface area contributed by atoms with E-state index in [1.807, 2.05) is 35.2 Å². The van der Waals surface area contributed by atoms with E-state index in [-0.39, 0.29) is 17.4 Å². The van der Waals surface area contributed by atoms with Gasteiger partial charge in [0.15, 0.2) is 0 Å². The molecule has 0 radical (unpaired) electrons. The van der Waals surface area contributed by atoms with Crippen LogP contribution < -0.4 is 10.6 Å². The van der Waals surface area contributed by atoms with Gasteiger partial charge in [-0.2, -0.15) is 0 Å². The fourth-order valence-electron chi connectivity index (χ4n) is 2.69. The van der Waals surface area contributed by atoms with Gasteiger partial charge in [-0.1, -0.05) is 30.3 Å². The first-order valence-corrected chi connectivity index (χ1v) is 7.42. The van der Waals surface area contributed by atoms with E-state index in [2.05, 4.69) is 4.98 Å². The van der Waals surface area contributed by atoms with Crippen molar-refractivity contribution in [2.45, 2.75) is 6.10 Å². The van der Waals surface area contributed by atoms with Crippen molar-refractivity contribution in [1.82, 2.24) is 4.98 Å². The Morgan fingerprint density at radius 1 is 1.38 bits per heavy atom. The molecule has 3 rings (SSSR count). The van der Waals surface area contributed by atoms with Crippen LogP contribution in [0.2, 0.25) is 0 Å². The van der Waals surface area contributed by atoms with Crippen LogP contribution in [0, 0.1) is 10.1 Å². The van der Waals surface area contributed by atoms with Gasteiger partial charge in [0.25, 0.3) is 11.6 Å². The van der Waals surface area contributed by atoms with Crippen molar-refractivity contribution in [3.63, 3.8) is 0 Å². The smallest absolute Gasteiger partial charge is 0.288 e. The van der Waals surface area contributed by atoms with Gasteiger partial charge in [-0.15, -0.1) is 0 Å². The molecule has 0 bridgehead atoms. The third-order valence-electron chi connectivity index (χ3n) is 3.87. The van der Waals surface area contributed by atoms with E-state index in [4.69, 9.17) is 10.5 Å². The first-order chi connectivity index (χ1) is 11.6. The maximum absolute atomic E-state index is 11.7. The molecule has 1 amide bonds. The maximum atomic E-state index is 11.7. The number of ether oxygens (including phenoxy) is 1. The normalized spacial score (nSPS) is 17.5. The minimum absolute atomic E-state index is 0.0397. The van der Waals surface area contributed by atoms with Crippen LogP contribution in [0.5, 0.6) is 0 Å². The van der Waals surface area contributed by atoms with Crippen LogP contribution in [0.3, 0.4) is 0 Å². The van der Waals surface area contributed by atoms with Crippen LogP contribution >= 0.6 is 0 Å². The van der Waals surface area contributed by atoms with E-state index in [1.54, 1.807) is 0 Å². The van der Waals surface area contributed by atoms with Gasteiger partial charge in [-0.3, -0.25) is 14.9 Å². The van der Waals surface area contributed by atoms with Gasteiger partial charge in [0.05, 0.1) is 17.1 Å². The Hall–Kier alpha value is -3.00. The number of aromatic nitrogens is 1. The Labute approximate surface area is 138 Å². The molecule has 0 unspecified atom stereocenters. The number of rotatable bonds is 4. The van der Waals surface area contributed by atoms with Gasteiger partial charge in [0, 0.05) is 19.2 Å². The van der Waals surface area contributed by atoms with Gasteiger partial charge in [-0.05, 0) is 5.56 Å². The van der Waals surface area contributed by atoms with Crippen LogP contribution in [-0.4, -0.2) is 35.5 Å². The highest BCUT2D eigenvalue weighted by Gasteiger charge is 2.27. The summed E-state index contributed by atoms with van der Waals surface area (Å²) < 4.78 is 5.78. The summed E-state index contributed by atoms with van der Waals surface area (Å²) in [5.41, 5.74) is 6.17. The lowest BCUT2D eigenvalue weighted by molar-refractivity contribution is -0.385.